The summed E-state index contributed by atoms with van der Waals surface area (Å²) in [6.07, 6.45) is 1.77. The molecule has 0 saturated carbocycles. The molecule has 0 aliphatic carbocycles. The number of aromatic nitrogens is 2. The molecule has 0 aliphatic heterocycles. The third kappa shape index (κ3) is 2.73. The second kappa shape index (κ2) is 5.93. The summed E-state index contributed by atoms with van der Waals surface area (Å²) in [5.74, 6) is 1.41. The van der Waals surface area contributed by atoms with E-state index in [9.17, 15) is 0 Å². The first-order valence-corrected chi connectivity index (χ1v) is 7.29. The zero-order chi connectivity index (χ0) is 14.7. The number of ether oxygens (including phenoxy) is 2. The monoisotopic (exact) mass is 298 g/mol. The predicted molar refractivity (Wildman–Crippen MR) is 83.9 cm³/mol. The van der Waals surface area contributed by atoms with Gasteiger partial charge < -0.3 is 9.47 Å². The summed E-state index contributed by atoms with van der Waals surface area (Å²) in [5.41, 5.74) is 2.78. The van der Waals surface area contributed by atoms with E-state index in [1.165, 1.54) is 0 Å². The molecule has 0 spiro atoms. The fourth-order valence-electron chi connectivity index (χ4n) is 2.01. The fourth-order valence-corrected chi connectivity index (χ4v) is 2.81. The van der Waals surface area contributed by atoms with E-state index in [1.807, 2.05) is 41.8 Å². The highest BCUT2D eigenvalue weighted by Crippen LogP contribution is 2.34. The quantitative estimate of drug-likeness (QED) is 0.733. The molecule has 3 rings (SSSR count). The number of rotatable bonds is 4. The normalized spacial score (nSPS) is 10.4. The minimum Gasteiger partial charge on any atom is -0.493 e. The van der Waals surface area contributed by atoms with Gasteiger partial charge in [-0.25, -0.2) is 4.98 Å². The van der Waals surface area contributed by atoms with E-state index in [0.717, 1.165) is 22.0 Å². The molecule has 0 unspecified atom stereocenters. The van der Waals surface area contributed by atoms with Crippen LogP contribution in [0.2, 0.25) is 0 Å². The fraction of sp³-hybridized carbons (Fsp3) is 0.125. The number of methoxy groups -OCH3 is 2. The average molecular weight is 298 g/mol. The molecule has 2 heterocycles. The Morgan fingerprint density at radius 3 is 2.52 bits per heavy atom. The van der Waals surface area contributed by atoms with E-state index < -0.39 is 0 Å². The van der Waals surface area contributed by atoms with Gasteiger partial charge in [-0.15, -0.1) is 11.3 Å². The van der Waals surface area contributed by atoms with Crippen molar-refractivity contribution in [3.63, 3.8) is 0 Å². The number of benzene rings is 1. The Balaban J connectivity index is 1.97. The van der Waals surface area contributed by atoms with Crippen molar-refractivity contribution in [3.05, 3.63) is 48.0 Å². The summed E-state index contributed by atoms with van der Waals surface area (Å²) in [7, 11) is 3.25. The molecule has 0 N–H and O–H groups in total. The summed E-state index contributed by atoms with van der Waals surface area (Å²) in [4.78, 5) is 8.96. The van der Waals surface area contributed by atoms with Crippen LogP contribution in [0.25, 0.3) is 22.0 Å². The lowest BCUT2D eigenvalue weighted by atomic mass is 10.1. The van der Waals surface area contributed by atoms with Crippen LogP contribution in [0.1, 0.15) is 0 Å². The van der Waals surface area contributed by atoms with Crippen LogP contribution < -0.4 is 9.47 Å². The van der Waals surface area contributed by atoms with Gasteiger partial charge in [-0.1, -0.05) is 6.07 Å². The third-order valence-corrected chi connectivity index (χ3v) is 3.93. The van der Waals surface area contributed by atoms with E-state index in [0.29, 0.717) is 11.5 Å². The minimum absolute atomic E-state index is 0.697. The van der Waals surface area contributed by atoms with Crippen molar-refractivity contribution >= 4 is 11.3 Å². The van der Waals surface area contributed by atoms with Crippen molar-refractivity contribution in [2.45, 2.75) is 0 Å². The van der Waals surface area contributed by atoms with Crippen molar-refractivity contribution in [1.82, 2.24) is 9.97 Å². The number of pyridine rings is 1. The van der Waals surface area contributed by atoms with E-state index in [2.05, 4.69) is 9.97 Å². The number of nitrogens with zero attached hydrogens (tertiary/aromatic N) is 2. The van der Waals surface area contributed by atoms with Gasteiger partial charge in [0.1, 0.15) is 5.01 Å². The van der Waals surface area contributed by atoms with Gasteiger partial charge >= 0.3 is 0 Å². The maximum absolute atomic E-state index is 5.33. The zero-order valence-electron chi connectivity index (χ0n) is 11.7. The smallest absolute Gasteiger partial charge is 0.161 e. The summed E-state index contributed by atoms with van der Waals surface area (Å²) < 4.78 is 10.6. The summed E-state index contributed by atoms with van der Waals surface area (Å²) in [5, 5.41) is 2.92. The predicted octanol–water partition coefficient (Wildman–Crippen LogP) is 3.89. The number of hydrogen-bond donors (Lipinski definition) is 0. The number of thiazole rings is 1. The molecule has 1 aromatic carbocycles. The van der Waals surface area contributed by atoms with E-state index in [4.69, 9.17) is 9.47 Å². The van der Waals surface area contributed by atoms with Gasteiger partial charge in [0, 0.05) is 17.1 Å². The van der Waals surface area contributed by atoms with E-state index in [-0.39, 0.29) is 0 Å². The van der Waals surface area contributed by atoms with Crippen LogP contribution in [-0.4, -0.2) is 24.2 Å². The zero-order valence-corrected chi connectivity index (χ0v) is 12.6. The molecule has 0 fully saturated rings. The van der Waals surface area contributed by atoms with Crippen LogP contribution in [0.4, 0.5) is 0 Å². The number of hydrogen-bond acceptors (Lipinski definition) is 5. The average Bonchev–Trinajstić information content (AvgIpc) is 3.05. The maximum atomic E-state index is 5.33. The van der Waals surface area contributed by atoms with Crippen LogP contribution in [0.3, 0.4) is 0 Å². The Morgan fingerprint density at radius 2 is 1.81 bits per heavy atom. The molecular weight excluding hydrogens is 284 g/mol. The van der Waals surface area contributed by atoms with Gasteiger partial charge in [-0.05, 0) is 30.3 Å². The first-order chi connectivity index (χ1) is 10.3. The first kappa shape index (κ1) is 13.6. The molecule has 0 saturated heterocycles. The van der Waals surface area contributed by atoms with Crippen LogP contribution >= 0.6 is 11.3 Å². The molecular formula is C16H14N2O2S. The highest BCUT2D eigenvalue weighted by atomic mass is 32.1. The molecule has 2 aromatic heterocycles. The molecule has 3 aromatic rings. The van der Waals surface area contributed by atoms with E-state index >= 15 is 0 Å². The minimum atomic E-state index is 0.697. The molecule has 21 heavy (non-hydrogen) atoms. The lowest BCUT2D eigenvalue weighted by molar-refractivity contribution is 0.355. The Labute approximate surface area is 127 Å². The van der Waals surface area contributed by atoms with Crippen molar-refractivity contribution in [2.75, 3.05) is 14.2 Å². The summed E-state index contributed by atoms with van der Waals surface area (Å²) in [6.45, 7) is 0. The van der Waals surface area contributed by atoms with Gasteiger partial charge in [-0.2, -0.15) is 0 Å². The Morgan fingerprint density at radius 1 is 0.952 bits per heavy atom. The highest BCUT2D eigenvalue weighted by molar-refractivity contribution is 7.13. The maximum Gasteiger partial charge on any atom is 0.161 e. The lowest BCUT2D eigenvalue weighted by Gasteiger charge is -2.08. The Kier molecular flexibility index (Phi) is 3.83. The molecule has 0 amide bonds. The lowest BCUT2D eigenvalue weighted by Crippen LogP contribution is -1.91. The van der Waals surface area contributed by atoms with Gasteiger partial charge in [0.05, 0.1) is 25.6 Å². The van der Waals surface area contributed by atoms with Gasteiger partial charge in [0.2, 0.25) is 0 Å². The molecule has 0 radical (unpaired) electrons. The standard InChI is InChI=1S/C16H14N2O2S/c1-19-14-7-6-11(9-15(14)20-2)13-10-21-16(18-13)12-5-3-4-8-17-12/h3-10H,1-2H3. The third-order valence-electron chi connectivity index (χ3n) is 3.07. The van der Waals surface area contributed by atoms with E-state index in [1.54, 1.807) is 31.8 Å². The van der Waals surface area contributed by atoms with Crippen molar-refractivity contribution in [1.29, 1.82) is 0 Å². The molecule has 106 valence electrons. The Hall–Kier alpha value is -2.40. The van der Waals surface area contributed by atoms with Crippen molar-refractivity contribution in [2.24, 2.45) is 0 Å². The second-order valence-electron chi connectivity index (χ2n) is 4.32. The van der Waals surface area contributed by atoms with Crippen LogP contribution in [0, 0.1) is 0 Å². The molecule has 0 bridgehead atoms. The Bertz CT molecular complexity index is 741. The topological polar surface area (TPSA) is 44.2 Å². The molecule has 4 nitrogen and oxygen atoms in total. The summed E-state index contributed by atoms with van der Waals surface area (Å²) in [6, 6.07) is 11.6. The van der Waals surface area contributed by atoms with Crippen molar-refractivity contribution < 1.29 is 9.47 Å². The van der Waals surface area contributed by atoms with Crippen LogP contribution in [0.5, 0.6) is 11.5 Å². The van der Waals surface area contributed by atoms with Gasteiger partial charge in [0.15, 0.2) is 11.5 Å². The largest absolute Gasteiger partial charge is 0.493 e. The van der Waals surface area contributed by atoms with Gasteiger partial charge in [0.25, 0.3) is 0 Å². The van der Waals surface area contributed by atoms with Crippen molar-refractivity contribution in [3.8, 4) is 33.5 Å². The van der Waals surface area contributed by atoms with Crippen LogP contribution in [0.15, 0.2) is 48.0 Å². The highest BCUT2D eigenvalue weighted by Gasteiger charge is 2.10. The van der Waals surface area contributed by atoms with Crippen LogP contribution in [-0.2, 0) is 0 Å². The molecule has 0 aliphatic rings. The van der Waals surface area contributed by atoms with Gasteiger partial charge in [-0.3, -0.25) is 4.98 Å². The summed E-state index contributed by atoms with van der Waals surface area (Å²) >= 11 is 1.58. The molecule has 0 atom stereocenters. The second-order valence-corrected chi connectivity index (χ2v) is 5.18. The molecule has 5 heteroatoms. The SMILES string of the molecule is COc1ccc(-c2csc(-c3ccccn3)n2)cc1OC. The first-order valence-electron chi connectivity index (χ1n) is 6.41.